The van der Waals surface area contributed by atoms with Gasteiger partial charge in [0.1, 0.15) is 17.4 Å². The highest BCUT2D eigenvalue weighted by atomic mass is 16.5. The summed E-state index contributed by atoms with van der Waals surface area (Å²) < 4.78 is 11.7. The predicted octanol–water partition coefficient (Wildman–Crippen LogP) is 4.62. The Morgan fingerprint density at radius 3 is 2.43 bits per heavy atom. The van der Waals surface area contributed by atoms with Crippen molar-refractivity contribution in [2.45, 2.75) is 26.2 Å². The number of carbonyl (C=O) groups is 3. The summed E-state index contributed by atoms with van der Waals surface area (Å²) in [5, 5.41) is 2.87. The monoisotopic (exact) mass is 695 g/mol. The van der Waals surface area contributed by atoms with E-state index in [0.29, 0.717) is 52.4 Å². The number of unbranched alkanes of at least 4 members (excludes halogenated alkanes) is 1. The summed E-state index contributed by atoms with van der Waals surface area (Å²) in [6, 6.07) is 15.5. The second-order valence-electron chi connectivity index (χ2n) is 12.8. The Bertz CT molecular complexity index is 1960. The lowest BCUT2D eigenvalue weighted by Crippen LogP contribution is -2.44. The first-order chi connectivity index (χ1) is 24.5. The Morgan fingerprint density at radius 2 is 1.73 bits per heavy atom. The number of carbonyl (C=O) groups excluding carboxylic acids is 4. The summed E-state index contributed by atoms with van der Waals surface area (Å²) >= 11 is 0. The molecule has 0 saturated carbocycles. The fraction of sp³-hybridized carbons (Fsp3) is 0.368. The Labute approximate surface area is 297 Å². The van der Waals surface area contributed by atoms with Gasteiger partial charge in [-0.2, -0.15) is 0 Å². The average Bonchev–Trinajstić information content (AvgIpc) is 3.58. The van der Waals surface area contributed by atoms with Crippen molar-refractivity contribution in [3.8, 4) is 11.5 Å². The highest BCUT2D eigenvalue weighted by Gasteiger charge is 2.23. The number of anilines is 2. The molecule has 1 saturated heterocycles. The molecule has 1 aliphatic rings. The van der Waals surface area contributed by atoms with Gasteiger partial charge in [-0.25, -0.2) is 9.78 Å². The van der Waals surface area contributed by atoms with Crippen molar-refractivity contribution >= 4 is 46.1 Å². The third kappa shape index (κ3) is 8.57. The number of para-hydroxylation sites is 1. The summed E-state index contributed by atoms with van der Waals surface area (Å²) in [7, 11) is 8.45. The van der Waals surface area contributed by atoms with E-state index in [1.807, 2.05) is 25.1 Å². The molecule has 0 radical (unpaired) electrons. The second-order valence-corrected chi connectivity index (χ2v) is 12.8. The fourth-order valence-corrected chi connectivity index (χ4v) is 5.89. The average molecular weight is 696 g/mol. The van der Waals surface area contributed by atoms with E-state index in [2.05, 4.69) is 38.1 Å². The molecule has 3 aromatic carbocycles. The molecule has 51 heavy (non-hydrogen) atoms. The standard InChI is InChI=1S/C38H45N7O6/c1-25-13-16-31(33(22-25)51-21-8-7-10-27(24-46)45-19-17-43(4)18-20-45)44(5)37(48)26-14-15-28(32(23-26)50-6)36(47)40-30-12-9-11-29-34(30)41-35(39-29)38(49)42(2)3/h9,11-16,22-23H,7-8,10,17-21H2,1-6H3,(H,39,41)(H,40,47). The molecule has 2 heterocycles. The van der Waals surface area contributed by atoms with Crippen LogP contribution in [0, 0.1) is 6.92 Å². The van der Waals surface area contributed by atoms with Crippen LogP contribution in [-0.4, -0.2) is 116 Å². The predicted molar refractivity (Wildman–Crippen MR) is 197 cm³/mol. The number of ether oxygens (including phenoxy) is 2. The van der Waals surface area contributed by atoms with E-state index in [9.17, 15) is 19.2 Å². The Kier molecular flexibility index (Phi) is 11.8. The molecule has 268 valence electrons. The largest absolute Gasteiger partial charge is 0.496 e. The normalized spacial score (nSPS) is 13.0. The lowest BCUT2D eigenvalue weighted by atomic mass is 10.1. The molecule has 0 aliphatic carbocycles. The van der Waals surface area contributed by atoms with Gasteiger partial charge in [-0.05, 0) is 81.3 Å². The number of aromatic nitrogens is 2. The van der Waals surface area contributed by atoms with Crippen LogP contribution in [0.3, 0.4) is 0 Å². The smallest absolute Gasteiger partial charge is 0.289 e. The summed E-state index contributed by atoms with van der Waals surface area (Å²) in [5.74, 6) is 2.01. The first kappa shape index (κ1) is 36.6. The van der Waals surface area contributed by atoms with E-state index in [1.54, 1.807) is 51.5 Å². The number of allylic oxidation sites excluding steroid dienone is 1. The zero-order valence-corrected chi connectivity index (χ0v) is 30.0. The maximum atomic E-state index is 13.8. The number of fused-ring (bicyclic) bond motifs is 1. The Balaban J connectivity index is 1.24. The van der Waals surface area contributed by atoms with E-state index >= 15 is 0 Å². The van der Waals surface area contributed by atoms with Gasteiger partial charge in [0.25, 0.3) is 17.7 Å². The van der Waals surface area contributed by atoms with Gasteiger partial charge in [-0.3, -0.25) is 14.4 Å². The van der Waals surface area contributed by atoms with Crippen LogP contribution in [0.4, 0.5) is 11.4 Å². The Hall–Kier alpha value is -5.65. The number of hydrogen-bond acceptors (Lipinski definition) is 9. The van der Waals surface area contributed by atoms with Gasteiger partial charge in [-0.1, -0.05) is 12.1 Å². The minimum Gasteiger partial charge on any atom is -0.496 e. The Morgan fingerprint density at radius 1 is 0.961 bits per heavy atom. The molecular formula is C38H45N7O6. The van der Waals surface area contributed by atoms with Crippen LogP contribution in [0.2, 0.25) is 0 Å². The van der Waals surface area contributed by atoms with Gasteiger partial charge >= 0.3 is 0 Å². The molecule has 13 nitrogen and oxygen atoms in total. The van der Waals surface area contributed by atoms with Gasteiger partial charge in [0, 0.05) is 52.9 Å². The van der Waals surface area contributed by atoms with Crippen molar-refractivity contribution in [1.29, 1.82) is 0 Å². The number of likely N-dealkylation sites (N-methyl/N-ethyl adjacent to an activating group) is 1. The summed E-state index contributed by atoms with van der Waals surface area (Å²) in [4.78, 5) is 65.9. The first-order valence-electron chi connectivity index (χ1n) is 16.9. The molecule has 0 spiro atoms. The van der Waals surface area contributed by atoms with Gasteiger partial charge in [0.2, 0.25) is 0 Å². The number of nitrogens with zero attached hydrogens (tertiary/aromatic N) is 5. The first-order valence-corrected chi connectivity index (χ1v) is 16.9. The SMILES string of the molecule is COc1cc(C(=O)N(C)c2ccc(C)cc2OCCCCC(=C=O)N2CCN(C)CC2)ccc1C(=O)Nc1cccc2nc(C(=O)N(C)C)[nH]c12. The minimum absolute atomic E-state index is 0.158. The molecule has 5 rings (SSSR count). The molecule has 3 amide bonds. The molecule has 0 bridgehead atoms. The molecule has 1 fully saturated rings. The van der Waals surface area contributed by atoms with E-state index in [-0.39, 0.29) is 29.0 Å². The second kappa shape index (κ2) is 16.4. The fourth-order valence-electron chi connectivity index (χ4n) is 5.89. The summed E-state index contributed by atoms with van der Waals surface area (Å²) in [6.07, 6.45) is 2.15. The number of hydrogen-bond donors (Lipinski definition) is 2. The van der Waals surface area contributed by atoms with Gasteiger partial charge < -0.3 is 39.4 Å². The van der Waals surface area contributed by atoms with Gasteiger partial charge in [0.15, 0.2) is 5.82 Å². The zero-order chi connectivity index (χ0) is 36.7. The summed E-state index contributed by atoms with van der Waals surface area (Å²) in [6.45, 7) is 5.89. The van der Waals surface area contributed by atoms with Crippen LogP contribution in [-0.2, 0) is 4.79 Å². The number of aryl methyl sites for hydroxylation is 1. The number of methoxy groups -OCH3 is 1. The lowest BCUT2D eigenvalue weighted by Gasteiger charge is -2.34. The number of H-pyrrole nitrogens is 1. The van der Waals surface area contributed by atoms with Crippen molar-refractivity contribution in [3.05, 3.63) is 82.8 Å². The molecule has 13 heteroatoms. The highest BCUT2D eigenvalue weighted by molar-refractivity contribution is 6.12. The number of rotatable bonds is 13. The van der Waals surface area contributed by atoms with E-state index in [1.165, 1.54) is 23.0 Å². The van der Waals surface area contributed by atoms with E-state index < -0.39 is 5.91 Å². The number of piperazine rings is 1. The van der Waals surface area contributed by atoms with Crippen LogP contribution >= 0.6 is 0 Å². The number of aromatic amines is 1. The zero-order valence-electron chi connectivity index (χ0n) is 30.0. The maximum Gasteiger partial charge on any atom is 0.289 e. The molecule has 1 aromatic heterocycles. The van der Waals surface area contributed by atoms with Gasteiger partial charge in [0.05, 0.1) is 47.4 Å². The molecule has 0 atom stereocenters. The van der Waals surface area contributed by atoms with Crippen molar-refractivity contribution in [1.82, 2.24) is 24.7 Å². The molecule has 1 aliphatic heterocycles. The van der Waals surface area contributed by atoms with Crippen molar-refractivity contribution in [3.63, 3.8) is 0 Å². The van der Waals surface area contributed by atoms with Crippen LogP contribution in [0.5, 0.6) is 11.5 Å². The van der Waals surface area contributed by atoms with E-state index in [0.717, 1.165) is 44.6 Å². The molecule has 0 unspecified atom stereocenters. The molecule has 4 aromatic rings. The summed E-state index contributed by atoms with van der Waals surface area (Å²) in [5.41, 5.74) is 4.30. The number of imidazole rings is 1. The van der Waals surface area contributed by atoms with Crippen molar-refractivity contribution in [2.75, 3.05) is 78.3 Å². The minimum atomic E-state index is -0.463. The quantitative estimate of drug-likeness (QED) is 0.151. The van der Waals surface area contributed by atoms with Crippen LogP contribution in [0.1, 0.15) is 56.2 Å². The lowest BCUT2D eigenvalue weighted by molar-refractivity contribution is 0.0817. The van der Waals surface area contributed by atoms with Crippen molar-refractivity contribution in [2.24, 2.45) is 0 Å². The van der Waals surface area contributed by atoms with E-state index in [4.69, 9.17) is 9.47 Å². The third-order valence-corrected chi connectivity index (χ3v) is 8.92. The number of nitrogens with one attached hydrogen (secondary N) is 2. The highest BCUT2D eigenvalue weighted by Crippen LogP contribution is 2.32. The van der Waals surface area contributed by atoms with Crippen LogP contribution in [0.25, 0.3) is 11.0 Å². The number of amides is 3. The third-order valence-electron chi connectivity index (χ3n) is 8.92. The maximum absolute atomic E-state index is 13.8. The van der Waals surface area contributed by atoms with Crippen molar-refractivity contribution < 1.29 is 28.7 Å². The molecule has 2 N–H and O–H groups in total. The van der Waals surface area contributed by atoms with Crippen LogP contribution in [0.15, 0.2) is 60.3 Å². The molecular weight excluding hydrogens is 650 g/mol. The van der Waals surface area contributed by atoms with Crippen LogP contribution < -0.4 is 19.7 Å². The topological polar surface area (TPSA) is 140 Å². The van der Waals surface area contributed by atoms with Gasteiger partial charge in [-0.15, -0.1) is 0 Å². The number of benzene rings is 3.